The third kappa shape index (κ3) is 15.8. The average molecular weight is 452 g/mol. The molecule has 0 spiro atoms. The lowest BCUT2D eigenvalue weighted by atomic mass is 10.5. The van der Waals surface area contributed by atoms with Crippen LogP contribution in [0.25, 0.3) is 0 Å². The summed E-state index contributed by atoms with van der Waals surface area (Å²) in [5, 5.41) is 1.23. The number of hydrogen-bond acceptors (Lipinski definition) is 6. The molecule has 2 aromatic rings. The van der Waals surface area contributed by atoms with Crippen molar-refractivity contribution in [2.45, 2.75) is 70.1 Å². The SMILES string of the molecule is CC.CC.CC(C)S(=O)(=O)c1cccs1.CC(C)S(C)(=O)=O.c1ccncc1. The van der Waals surface area contributed by atoms with Gasteiger partial charge in [-0.05, 0) is 51.3 Å². The van der Waals surface area contributed by atoms with Gasteiger partial charge in [0.1, 0.15) is 14.0 Å². The molecule has 0 N–H and O–H groups in total. The minimum absolute atomic E-state index is 0.229. The van der Waals surface area contributed by atoms with Crippen LogP contribution in [0.2, 0.25) is 0 Å². The van der Waals surface area contributed by atoms with Crippen LogP contribution in [0.15, 0.2) is 52.3 Å². The maximum absolute atomic E-state index is 11.4. The molecule has 2 rings (SSSR count). The normalized spacial score (nSPS) is 10.1. The van der Waals surface area contributed by atoms with E-state index in [9.17, 15) is 16.8 Å². The fraction of sp³-hybridized carbons (Fsp3) is 0.550. The Labute approximate surface area is 177 Å². The van der Waals surface area contributed by atoms with Crippen molar-refractivity contribution in [3.05, 3.63) is 48.1 Å². The third-order valence-corrected chi connectivity index (χ3v) is 8.12. The molecule has 0 radical (unpaired) electrons. The molecular weight excluding hydrogens is 414 g/mol. The van der Waals surface area contributed by atoms with Crippen LogP contribution in [-0.4, -0.2) is 38.6 Å². The Hall–Kier alpha value is -1.25. The molecule has 0 saturated carbocycles. The molecule has 8 heteroatoms. The molecule has 0 saturated heterocycles. The standard InChI is InChI=1S/C7H10O2S2.C5H5N.C4H10O2S.2C2H6/c1-6(2)11(8,9)7-4-3-5-10-7;1-2-4-6-5-3-1;1-4(2)7(3,5)6;2*1-2/h3-6H,1-2H3;1-5H;4H,1-3H3;2*1-2H3. The molecule has 0 atom stereocenters. The number of hydrogen-bond donors (Lipinski definition) is 0. The first-order valence-electron chi connectivity index (χ1n) is 9.30. The molecule has 0 amide bonds. The Balaban J connectivity index is -0.000000321. The number of sulfone groups is 2. The summed E-state index contributed by atoms with van der Waals surface area (Å²) in [7, 11) is -5.76. The largest absolute Gasteiger partial charge is 0.265 e. The summed E-state index contributed by atoms with van der Waals surface area (Å²) in [5.74, 6) is 0. The molecule has 28 heavy (non-hydrogen) atoms. The van der Waals surface area contributed by atoms with Crippen molar-refractivity contribution in [3.63, 3.8) is 0 Å². The van der Waals surface area contributed by atoms with Gasteiger partial charge in [-0.1, -0.05) is 39.8 Å². The fourth-order valence-electron chi connectivity index (χ4n) is 0.970. The second-order valence-electron chi connectivity index (χ2n) is 5.43. The molecule has 5 nitrogen and oxygen atoms in total. The van der Waals surface area contributed by atoms with E-state index in [0.29, 0.717) is 4.21 Å². The molecule has 164 valence electrons. The Morgan fingerprint density at radius 3 is 1.39 bits per heavy atom. The predicted molar refractivity (Wildman–Crippen MR) is 124 cm³/mol. The van der Waals surface area contributed by atoms with E-state index in [1.807, 2.05) is 45.9 Å². The van der Waals surface area contributed by atoms with Crippen LogP contribution in [0, 0.1) is 0 Å². The lowest BCUT2D eigenvalue weighted by Gasteiger charge is -2.03. The summed E-state index contributed by atoms with van der Waals surface area (Å²) >= 11 is 1.27. The Morgan fingerprint density at radius 1 is 0.786 bits per heavy atom. The van der Waals surface area contributed by atoms with Crippen LogP contribution in [0.5, 0.6) is 0 Å². The zero-order chi connectivity index (χ0) is 22.8. The Morgan fingerprint density at radius 2 is 1.21 bits per heavy atom. The number of pyridine rings is 1. The molecule has 0 bridgehead atoms. The van der Waals surface area contributed by atoms with Gasteiger partial charge in [0.25, 0.3) is 0 Å². The van der Waals surface area contributed by atoms with Gasteiger partial charge in [-0.15, -0.1) is 11.3 Å². The minimum Gasteiger partial charge on any atom is -0.265 e. The van der Waals surface area contributed by atoms with Crippen LogP contribution >= 0.6 is 11.3 Å². The molecule has 0 aliphatic carbocycles. The average Bonchev–Trinajstić information content (AvgIpc) is 3.22. The molecule has 0 aliphatic heterocycles. The molecule has 0 fully saturated rings. The number of nitrogens with zero attached hydrogens (tertiary/aromatic N) is 1. The first-order chi connectivity index (χ1) is 13.0. The second kappa shape index (κ2) is 17.8. The van der Waals surface area contributed by atoms with Gasteiger partial charge in [-0.25, -0.2) is 16.8 Å². The van der Waals surface area contributed by atoms with E-state index in [0.717, 1.165) is 0 Å². The van der Waals surface area contributed by atoms with Gasteiger partial charge in [0.05, 0.1) is 10.5 Å². The summed E-state index contributed by atoms with van der Waals surface area (Å²) in [4.78, 5) is 3.78. The van der Waals surface area contributed by atoms with E-state index in [2.05, 4.69) is 4.98 Å². The summed E-state index contributed by atoms with van der Waals surface area (Å²) in [5.41, 5.74) is 0. The van der Waals surface area contributed by atoms with Crippen molar-refractivity contribution in [2.75, 3.05) is 6.26 Å². The molecule has 0 unspecified atom stereocenters. The zero-order valence-electron chi connectivity index (χ0n) is 18.6. The molecule has 0 aromatic carbocycles. The van der Waals surface area contributed by atoms with E-state index >= 15 is 0 Å². The summed E-state index contributed by atoms with van der Waals surface area (Å²) < 4.78 is 43.9. The highest BCUT2D eigenvalue weighted by molar-refractivity contribution is 7.94. The van der Waals surface area contributed by atoms with Crippen LogP contribution in [0.1, 0.15) is 55.4 Å². The van der Waals surface area contributed by atoms with Crippen LogP contribution < -0.4 is 0 Å². The molecular formula is C20H37NO4S3. The number of rotatable bonds is 3. The third-order valence-electron chi connectivity index (χ3n) is 2.82. The molecule has 0 aliphatic rings. The quantitative estimate of drug-likeness (QED) is 0.615. The van der Waals surface area contributed by atoms with E-state index in [1.54, 1.807) is 57.6 Å². The first kappa shape index (κ1) is 31.4. The topological polar surface area (TPSA) is 81.2 Å². The van der Waals surface area contributed by atoms with Crippen LogP contribution in [0.4, 0.5) is 0 Å². The lowest BCUT2D eigenvalue weighted by Crippen LogP contribution is -2.12. The summed E-state index contributed by atoms with van der Waals surface area (Å²) in [6.07, 6.45) is 4.73. The van der Waals surface area contributed by atoms with Crippen molar-refractivity contribution in [3.8, 4) is 0 Å². The van der Waals surface area contributed by atoms with E-state index in [1.165, 1.54) is 17.6 Å². The highest BCUT2D eigenvalue weighted by Gasteiger charge is 2.19. The maximum Gasteiger partial charge on any atom is 0.190 e. The first-order valence-corrected chi connectivity index (χ1v) is 13.7. The van der Waals surface area contributed by atoms with Crippen molar-refractivity contribution in [2.24, 2.45) is 0 Å². The van der Waals surface area contributed by atoms with Gasteiger partial charge < -0.3 is 0 Å². The highest BCUT2D eigenvalue weighted by Crippen LogP contribution is 2.20. The summed E-state index contributed by atoms with van der Waals surface area (Å²) in [6.45, 7) is 14.7. The second-order valence-corrected chi connectivity index (χ2v) is 11.7. The van der Waals surface area contributed by atoms with Gasteiger partial charge in [0.2, 0.25) is 0 Å². The van der Waals surface area contributed by atoms with Crippen LogP contribution in [0.3, 0.4) is 0 Å². The number of aromatic nitrogens is 1. The minimum atomic E-state index is -3.02. The molecule has 2 heterocycles. The van der Waals surface area contributed by atoms with Crippen molar-refractivity contribution in [1.29, 1.82) is 0 Å². The van der Waals surface area contributed by atoms with Crippen molar-refractivity contribution in [1.82, 2.24) is 4.98 Å². The monoisotopic (exact) mass is 451 g/mol. The van der Waals surface area contributed by atoms with E-state index in [-0.39, 0.29) is 10.5 Å². The van der Waals surface area contributed by atoms with Crippen molar-refractivity contribution >= 4 is 31.0 Å². The van der Waals surface area contributed by atoms with Crippen molar-refractivity contribution < 1.29 is 16.8 Å². The zero-order valence-corrected chi connectivity index (χ0v) is 21.0. The van der Waals surface area contributed by atoms with Gasteiger partial charge in [0, 0.05) is 18.6 Å². The Bertz CT molecular complexity index is 726. The van der Waals surface area contributed by atoms with Gasteiger partial charge in [0.15, 0.2) is 9.84 Å². The Kier molecular flexibility index (Phi) is 20.0. The molecule has 2 aromatic heterocycles. The van der Waals surface area contributed by atoms with E-state index in [4.69, 9.17) is 0 Å². The van der Waals surface area contributed by atoms with Gasteiger partial charge >= 0.3 is 0 Å². The van der Waals surface area contributed by atoms with E-state index < -0.39 is 19.7 Å². The van der Waals surface area contributed by atoms with Crippen LogP contribution in [-0.2, 0) is 19.7 Å². The lowest BCUT2D eigenvalue weighted by molar-refractivity contribution is 0.589. The summed E-state index contributed by atoms with van der Waals surface area (Å²) in [6, 6.07) is 9.10. The highest BCUT2D eigenvalue weighted by atomic mass is 32.2. The fourth-order valence-corrected chi connectivity index (χ4v) is 3.43. The van der Waals surface area contributed by atoms with Gasteiger partial charge in [-0.3, -0.25) is 4.98 Å². The smallest absolute Gasteiger partial charge is 0.190 e. The van der Waals surface area contributed by atoms with Gasteiger partial charge in [-0.2, -0.15) is 0 Å². The predicted octanol–water partition coefficient (Wildman–Crippen LogP) is 5.50. The number of thiophene rings is 1. The maximum atomic E-state index is 11.4.